The van der Waals surface area contributed by atoms with Gasteiger partial charge in [0.05, 0.1) is 0 Å². The quantitative estimate of drug-likeness (QED) is 0.0482. The Kier molecular flexibility index (Phi) is 32.2. The Morgan fingerprint density at radius 3 is 1.57 bits per heavy atom. The van der Waals surface area contributed by atoms with Gasteiger partial charge in [-0.2, -0.15) is 0 Å². The summed E-state index contributed by atoms with van der Waals surface area (Å²) >= 11 is 0. The molecule has 0 aliphatic heterocycles. The minimum absolute atomic E-state index is 0.0447. The van der Waals surface area contributed by atoms with E-state index in [-0.39, 0.29) is 18.5 Å². The molecule has 0 saturated heterocycles. The first kappa shape index (κ1) is 40.2. The summed E-state index contributed by atoms with van der Waals surface area (Å²) in [5.41, 5.74) is 0. The van der Waals surface area contributed by atoms with Crippen molar-refractivity contribution in [3.05, 3.63) is 36.5 Å². The molecule has 0 heterocycles. The summed E-state index contributed by atoms with van der Waals surface area (Å²) in [6, 6.07) is 0. The van der Waals surface area contributed by atoms with Crippen molar-refractivity contribution in [2.45, 2.75) is 193 Å². The third-order valence-corrected chi connectivity index (χ3v) is 7.88. The molecular weight excluding hydrogens is 520 g/mol. The van der Waals surface area contributed by atoms with Crippen molar-refractivity contribution < 1.29 is 19.4 Å². The molecule has 0 spiro atoms. The number of hydrogen-bond donors (Lipinski definition) is 1. The third kappa shape index (κ3) is 32.7. The van der Waals surface area contributed by atoms with E-state index in [1.54, 1.807) is 0 Å². The predicted octanol–water partition coefficient (Wildman–Crippen LogP) is 12.2. The van der Waals surface area contributed by atoms with Crippen molar-refractivity contribution in [2.24, 2.45) is 0 Å². The predicted molar refractivity (Wildman–Crippen MR) is 181 cm³/mol. The fourth-order valence-electron chi connectivity index (χ4n) is 5.26. The number of carbonyl (C=O) groups excluding carboxylic acids is 1. The molecule has 4 heteroatoms. The lowest BCUT2D eigenvalue weighted by atomic mass is 10.0. The molecule has 42 heavy (non-hydrogen) atoms. The zero-order valence-corrected chi connectivity index (χ0v) is 27.8. The Bertz CT molecular complexity index is 679. The molecule has 0 aromatic heterocycles. The van der Waals surface area contributed by atoms with Gasteiger partial charge in [-0.15, -0.1) is 0 Å². The van der Waals surface area contributed by atoms with E-state index in [9.17, 15) is 9.59 Å². The number of hydrogen-bond acceptors (Lipinski definition) is 3. The van der Waals surface area contributed by atoms with Gasteiger partial charge in [-0.1, -0.05) is 140 Å². The van der Waals surface area contributed by atoms with Crippen LogP contribution in [-0.4, -0.2) is 23.1 Å². The number of rotatable bonds is 32. The van der Waals surface area contributed by atoms with Gasteiger partial charge in [-0.05, 0) is 70.6 Å². The van der Waals surface area contributed by atoms with E-state index in [1.807, 2.05) is 0 Å². The highest BCUT2D eigenvalue weighted by Gasteiger charge is 2.14. The number of ether oxygens (including phenoxy) is 1. The summed E-state index contributed by atoms with van der Waals surface area (Å²) in [6.45, 7) is 4.41. The van der Waals surface area contributed by atoms with E-state index < -0.39 is 5.97 Å². The lowest BCUT2D eigenvalue weighted by Gasteiger charge is -2.18. The Labute approximate surface area is 260 Å². The van der Waals surface area contributed by atoms with Crippen LogP contribution in [0.4, 0.5) is 0 Å². The highest BCUT2D eigenvalue weighted by atomic mass is 16.5. The average Bonchev–Trinajstić information content (AvgIpc) is 2.97. The van der Waals surface area contributed by atoms with Crippen LogP contribution in [0.25, 0.3) is 0 Å². The zero-order chi connectivity index (χ0) is 30.8. The largest absolute Gasteiger partial charge is 0.481 e. The van der Waals surface area contributed by atoms with Crippen LogP contribution in [0.5, 0.6) is 0 Å². The van der Waals surface area contributed by atoms with Gasteiger partial charge in [0.2, 0.25) is 0 Å². The molecule has 1 N–H and O–H groups in total. The maximum absolute atomic E-state index is 12.5. The van der Waals surface area contributed by atoms with Gasteiger partial charge in [0, 0.05) is 12.8 Å². The maximum atomic E-state index is 12.5. The van der Waals surface area contributed by atoms with Crippen LogP contribution >= 0.6 is 0 Å². The summed E-state index contributed by atoms with van der Waals surface area (Å²) in [5, 5.41) is 8.90. The molecule has 0 aromatic carbocycles. The Balaban J connectivity index is 3.81. The van der Waals surface area contributed by atoms with E-state index in [0.29, 0.717) is 12.8 Å². The fraction of sp³-hybridized carbons (Fsp3) is 0.789. The lowest BCUT2D eigenvalue weighted by molar-refractivity contribution is -0.150. The van der Waals surface area contributed by atoms with Crippen LogP contribution in [0.3, 0.4) is 0 Å². The molecule has 0 amide bonds. The minimum Gasteiger partial charge on any atom is -0.481 e. The highest BCUT2D eigenvalue weighted by Crippen LogP contribution is 2.18. The second kappa shape index (κ2) is 33.7. The van der Waals surface area contributed by atoms with Crippen molar-refractivity contribution in [1.82, 2.24) is 0 Å². The standard InChI is InChI=1S/C38H68O4/c1-3-5-7-9-11-13-14-15-16-17-18-19-20-21-22-23-25-27-29-35-38(41)42-36(33-30-31-34-37(39)40)32-28-26-24-12-10-8-6-4-2/h5,7,11,13,15-16,36H,3-4,6,8-10,12,14,17-35H2,1-2H3,(H,39,40)/b7-5-,13-11-,16-15-. The third-order valence-electron chi connectivity index (χ3n) is 7.88. The van der Waals surface area contributed by atoms with Crippen molar-refractivity contribution in [2.75, 3.05) is 0 Å². The summed E-state index contributed by atoms with van der Waals surface area (Å²) < 4.78 is 5.86. The molecule has 0 aromatic rings. The van der Waals surface area contributed by atoms with Crippen molar-refractivity contribution in [3.8, 4) is 0 Å². The van der Waals surface area contributed by atoms with Gasteiger partial charge >= 0.3 is 11.9 Å². The monoisotopic (exact) mass is 589 g/mol. The number of aliphatic carboxylic acids is 1. The zero-order valence-electron chi connectivity index (χ0n) is 27.8. The first-order valence-corrected chi connectivity index (χ1v) is 18.0. The summed E-state index contributed by atoms with van der Waals surface area (Å²) in [7, 11) is 0. The smallest absolute Gasteiger partial charge is 0.306 e. The molecule has 1 unspecified atom stereocenters. The molecule has 0 fully saturated rings. The number of allylic oxidation sites excluding steroid dienone is 6. The summed E-state index contributed by atoms with van der Waals surface area (Å²) in [6.07, 6.45) is 43.0. The van der Waals surface area contributed by atoms with Crippen LogP contribution in [-0.2, 0) is 14.3 Å². The van der Waals surface area contributed by atoms with Crippen LogP contribution in [0.1, 0.15) is 187 Å². The van der Waals surface area contributed by atoms with Gasteiger partial charge in [0.25, 0.3) is 0 Å². The van der Waals surface area contributed by atoms with Gasteiger partial charge in [-0.25, -0.2) is 0 Å². The van der Waals surface area contributed by atoms with E-state index in [0.717, 1.165) is 57.8 Å². The molecule has 0 rings (SSSR count). The van der Waals surface area contributed by atoms with Crippen LogP contribution in [0.15, 0.2) is 36.5 Å². The minimum atomic E-state index is -0.745. The van der Waals surface area contributed by atoms with Crippen LogP contribution in [0, 0.1) is 0 Å². The molecule has 1 atom stereocenters. The molecule has 4 nitrogen and oxygen atoms in total. The van der Waals surface area contributed by atoms with Gasteiger partial charge in [0.15, 0.2) is 0 Å². The number of carbonyl (C=O) groups is 2. The van der Waals surface area contributed by atoms with E-state index in [4.69, 9.17) is 9.84 Å². The maximum Gasteiger partial charge on any atom is 0.306 e. The SMILES string of the molecule is CC/C=C\C/C=C\C/C=C\CCCCCCCCCCCC(=O)OC(CCCCCCCCCC)CCCCC(=O)O. The molecule has 0 bridgehead atoms. The molecule has 0 aliphatic rings. The van der Waals surface area contributed by atoms with Crippen molar-refractivity contribution in [3.63, 3.8) is 0 Å². The first-order chi connectivity index (χ1) is 20.6. The van der Waals surface area contributed by atoms with E-state index in [1.165, 1.54) is 96.3 Å². The Hall–Kier alpha value is -1.84. The average molecular weight is 589 g/mol. The molecule has 0 aliphatic carbocycles. The number of unbranched alkanes of at least 4 members (excludes halogenated alkanes) is 17. The van der Waals surface area contributed by atoms with Crippen LogP contribution < -0.4 is 0 Å². The van der Waals surface area contributed by atoms with Crippen LogP contribution in [0.2, 0.25) is 0 Å². The number of esters is 1. The van der Waals surface area contributed by atoms with Crippen molar-refractivity contribution >= 4 is 11.9 Å². The molecule has 0 saturated carbocycles. The van der Waals surface area contributed by atoms with Gasteiger partial charge in [0.1, 0.15) is 6.10 Å². The normalized spacial score (nSPS) is 12.6. The fourth-order valence-corrected chi connectivity index (χ4v) is 5.26. The first-order valence-electron chi connectivity index (χ1n) is 18.0. The topological polar surface area (TPSA) is 63.6 Å². The van der Waals surface area contributed by atoms with E-state index in [2.05, 4.69) is 50.3 Å². The second-order valence-electron chi connectivity index (χ2n) is 12.0. The molecular formula is C38H68O4. The van der Waals surface area contributed by atoms with E-state index >= 15 is 0 Å². The Morgan fingerprint density at radius 2 is 1.00 bits per heavy atom. The second-order valence-corrected chi connectivity index (χ2v) is 12.0. The van der Waals surface area contributed by atoms with Crippen molar-refractivity contribution in [1.29, 1.82) is 0 Å². The van der Waals surface area contributed by atoms with Gasteiger partial charge in [-0.3, -0.25) is 9.59 Å². The highest BCUT2D eigenvalue weighted by molar-refractivity contribution is 5.69. The molecule has 0 radical (unpaired) electrons. The lowest BCUT2D eigenvalue weighted by Crippen LogP contribution is -2.18. The molecule has 244 valence electrons. The number of carboxylic acids is 1. The Morgan fingerprint density at radius 1 is 0.548 bits per heavy atom. The summed E-state index contributed by atoms with van der Waals surface area (Å²) in [5.74, 6) is -0.808. The van der Waals surface area contributed by atoms with Gasteiger partial charge < -0.3 is 9.84 Å². The summed E-state index contributed by atoms with van der Waals surface area (Å²) in [4.78, 5) is 23.3. The number of carboxylic acid groups (broad SMARTS) is 1.